The van der Waals surface area contributed by atoms with E-state index in [2.05, 4.69) is 5.32 Å². The highest BCUT2D eigenvalue weighted by molar-refractivity contribution is 6.35. The summed E-state index contributed by atoms with van der Waals surface area (Å²) in [5.74, 6) is 0.938. The molecule has 0 bridgehead atoms. The maximum absolute atomic E-state index is 12.2. The van der Waals surface area contributed by atoms with Gasteiger partial charge in [-0.1, -0.05) is 34.8 Å². The zero-order valence-electron chi connectivity index (χ0n) is 13.8. The van der Waals surface area contributed by atoms with Crippen molar-refractivity contribution in [1.82, 2.24) is 0 Å². The van der Waals surface area contributed by atoms with Crippen LogP contribution in [0.5, 0.6) is 5.75 Å². The summed E-state index contributed by atoms with van der Waals surface area (Å²) in [6, 6.07) is 13.2. The minimum Gasteiger partial charge on any atom is -0.482 e. The molecule has 140 valence electrons. The topological polar surface area (TPSA) is 71.7 Å². The van der Waals surface area contributed by atoms with E-state index in [1.54, 1.807) is 42.5 Å². The van der Waals surface area contributed by atoms with E-state index in [1.807, 2.05) is 0 Å². The molecule has 3 aromatic rings. The first-order chi connectivity index (χ1) is 13.0. The average Bonchev–Trinajstić information content (AvgIpc) is 3.12. The number of anilines is 1. The Morgan fingerprint density at radius 1 is 1.04 bits per heavy atom. The molecule has 2 aromatic carbocycles. The maximum Gasteiger partial charge on any atom is 0.262 e. The number of hydrogen-bond donors (Lipinski definition) is 2. The van der Waals surface area contributed by atoms with Gasteiger partial charge in [-0.3, -0.25) is 4.79 Å². The summed E-state index contributed by atoms with van der Waals surface area (Å²) in [5, 5.41) is 12.9. The van der Waals surface area contributed by atoms with Crippen molar-refractivity contribution >= 4 is 46.4 Å². The van der Waals surface area contributed by atoms with Crippen LogP contribution in [0.25, 0.3) is 11.3 Å². The molecule has 1 heterocycles. The Hall–Kier alpha value is -2.18. The molecule has 0 saturated carbocycles. The second kappa shape index (κ2) is 8.67. The number of aliphatic hydroxyl groups excluding tert-OH is 1. The van der Waals surface area contributed by atoms with Gasteiger partial charge in [-0.15, -0.1) is 0 Å². The molecule has 0 radical (unpaired) electrons. The second-order valence-corrected chi connectivity index (χ2v) is 6.78. The quantitative estimate of drug-likeness (QED) is 0.552. The van der Waals surface area contributed by atoms with E-state index in [0.717, 1.165) is 0 Å². The van der Waals surface area contributed by atoms with Crippen LogP contribution in [0.1, 0.15) is 5.76 Å². The number of nitrogens with one attached hydrogen (secondary N) is 1. The molecular weight excluding hydrogens is 413 g/mol. The van der Waals surface area contributed by atoms with Crippen LogP contribution in [0, 0.1) is 0 Å². The van der Waals surface area contributed by atoms with Crippen molar-refractivity contribution in [1.29, 1.82) is 0 Å². The van der Waals surface area contributed by atoms with E-state index >= 15 is 0 Å². The first kappa shape index (κ1) is 19.6. The summed E-state index contributed by atoms with van der Waals surface area (Å²) < 4.78 is 10.9. The lowest BCUT2D eigenvalue weighted by Crippen LogP contribution is -2.20. The van der Waals surface area contributed by atoms with Crippen molar-refractivity contribution in [2.75, 3.05) is 11.9 Å². The van der Waals surface area contributed by atoms with Gasteiger partial charge in [-0.25, -0.2) is 0 Å². The first-order valence-electron chi connectivity index (χ1n) is 7.83. The minimum atomic E-state index is -0.407. The molecule has 8 heteroatoms. The average molecular weight is 427 g/mol. The molecule has 1 aromatic heterocycles. The second-order valence-electron chi connectivity index (χ2n) is 5.53. The molecule has 27 heavy (non-hydrogen) atoms. The van der Waals surface area contributed by atoms with Gasteiger partial charge >= 0.3 is 0 Å². The Labute approximate surface area is 170 Å². The minimum absolute atomic E-state index is 0.193. The van der Waals surface area contributed by atoms with Crippen LogP contribution < -0.4 is 10.1 Å². The van der Waals surface area contributed by atoms with Gasteiger partial charge in [0.15, 0.2) is 6.61 Å². The lowest BCUT2D eigenvalue weighted by atomic mass is 10.1. The third-order valence-electron chi connectivity index (χ3n) is 3.60. The van der Waals surface area contributed by atoms with E-state index in [9.17, 15) is 4.79 Å². The standard InChI is InChI=1S/C19H14Cl3NO4/c20-12-2-5-18(15(22)8-12)26-10-19(25)23-16-7-11(1-4-14(16)21)17-6-3-13(9-24)27-17/h1-8,24H,9-10H2,(H,23,25). The Kier molecular flexibility index (Phi) is 6.29. The van der Waals surface area contributed by atoms with Crippen LogP contribution in [0.2, 0.25) is 15.1 Å². The summed E-state index contributed by atoms with van der Waals surface area (Å²) in [4.78, 5) is 12.2. The third kappa shape index (κ3) is 4.96. The van der Waals surface area contributed by atoms with Gasteiger partial charge in [0.2, 0.25) is 0 Å². The number of amides is 1. The largest absolute Gasteiger partial charge is 0.482 e. The number of furan rings is 1. The van der Waals surface area contributed by atoms with Crippen LogP contribution in [0.3, 0.4) is 0 Å². The van der Waals surface area contributed by atoms with Crippen molar-refractivity contribution in [3.63, 3.8) is 0 Å². The van der Waals surface area contributed by atoms with Crippen LogP contribution >= 0.6 is 34.8 Å². The van der Waals surface area contributed by atoms with Gasteiger partial charge in [-0.05, 0) is 48.5 Å². The molecule has 0 aliphatic heterocycles. The molecule has 0 spiro atoms. The van der Waals surface area contributed by atoms with Crippen LogP contribution in [-0.2, 0) is 11.4 Å². The summed E-state index contributed by atoms with van der Waals surface area (Å²) in [7, 11) is 0. The molecule has 0 atom stereocenters. The van der Waals surface area contributed by atoms with Crippen molar-refractivity contribution in [2.45, 2.75) is 6.61 Å². The molecule has 2 N–H and O–H groups in total. The number of carbonyl (C=O) groups is 1. The van der Waals surface area contributed by atoms with E-state index in [4.69, 9.17) is 49.1 Å². The molecular formula is C19H14Cl3NO4. The molecule has 1 amide bonds. The molecule has 5 nitrogen and oxygen atoms in total. The number of hydrogen-bond acceptors (Lipinski definition) is 4. The van der Waals surface area contributed by atoms with Gasteiger partial charge in [0, 0.05) is 10.6 Å². The Morgan fingerprint density at radius 2 is 1.85 bits per heavy atom. The third-order valence-corrected chi connectivity index (χ3v) is 4.46. The van der Waals surface area contributed by atoms with E-state index in [1.165, 1.54) is 6.07 Å². The Balaban J connectivity index is 1.69. The zero-order valence-corrected chi connectivity index (χ0v) is 16.1. The molecule has 0 unspecified atom stereocenters. The monoisotopic (exact) mass is 425 g/mol. The highest BCUT2D eigenvalue weighted by atomic mass is 35.5. The van der Waals surface area contributed by atoms with Crippen molar-refractivity contribution < 1.29 is 19.1 Å². The highest BCUT2D eigenvalue weighted by Gasteiger charge is 2.12. The van der Waals surface area contributed by atoms with E-state index < -0.39 is 5.91 Å². The first-order valence-corrected chi connectivity index (χ1v) is 8.97. The Bertz CT molecular complexity index is 971. The van der Waals surface area contributed by atoms with Gasteiger partial charge in [0.05, 0.1) is 15.7 Å². The zero-order chi connectivity index (χ0) is 19.4. The molecule has 0 fully saturated rings. The fourth-order valence-corrected chi connectivity index (χ4v) is 2.94. The molecule has 0 aliphatic rings. The van der Waals surface area contributed by atoms with Crippen molar-refractivity contribution in [2.24, 2.45) is 0 Å². The summed E-state index contributed by atoms with van der Waals surface area (Å²) in [6.07, 6.45) is 0. The number of benzene rings is 2. The lowest BCUT2D eigenvalue weighted by molar-refractivity contribution is -0.118. The fourth-order valence-electron chi connectivity index (χ4n) is 2.31. The van der Waals surface area contributed by atoms with E-state index in [-0.39, 0.29) is 13.2 Å². The SMILES string of the molecule is O=C(COc1ccc(Cl)cc1Cl)Nc1cc(-c2ccc(CO)o2)ccc1Cl. The highest BCUT2D eigenvalue weighted by Crippen LogP contribution is 2.30. The molecule has 3 rings (SSSR count). The predicted molar refractivity (Wildman–Crippen MR) is 106 cm³/mol. The number of aliphatic hydroxyl groups is 1. The summed E-state index contributed by atoms with van der Waals surface area (Å²) in [6.45, 7) is -0.445. The van der Waals surface area contributed by atoms with Gasteiger partial charge in [0.25, 0.3) is 5.91 Å². The van der Waals surface area contributed by atoms with Crippen LogP contribution in [0.4, 0.5) is 5.69 Å². The number of rotatable bonds is 6. The van der Waals surface area contributed by atoms with Crippen molar-refractivity contribution in [3.8, 4) is 17.1 Å². The van der Waals surface area contributed by atoms with Gasteiger partial charge in [0.1, 0.15) is 23.9 Å². The summed E-state index contributed by atoms with van der Waals surface area (Å²) in [5.41, 5.74) is 1.11. The molecule has 0 saturated heterocycles. The predicted octanol–water partition coefficient (Wildman–Crippen LogP) is 5.42. The van der Waals surface area contributed by atoms with Crippen LogP contribution in [0.15, 0.2) is 52.9 Å². The number of ether oxygens (including phenoxy) is 1. The maximum atomic E-state index is 12.2. The lowest BCUT2D eigenvalue weighted by Gasteiger charge is -2.11. The molecule has 0 aliphatic carbocycles. The normalized spacial score (nSPS) is 10.7. The number of carbonyl (C=O) groups excluding carboxylic acids is 1. The summed E-state index contributed by atoms with van der Waals surface area (Å²) >= 11 is 18.0. The van der Waals surface area contributed by atoms with Crippen LogP contribution in [-0.4, -0.2) is 17.6 Å². The number of halogens is 3. The van der Waals surface area contributed by atoms with Gasteiger partial charge < -0.3 is 19.6 Å². The Morgan fingerprint density at radius 3 is 2.56 bits per heavy atom. The van der Waals surface area contributed by atoms with Gasteiger partial charge in [-0.2, -0.15) is 0 Å². The smallest absolute Gasteiger partial charge is 0.262 e. The van der Waals surface area contributed by atoms with E-state index in [0.29, 0.717) is 43.6 Å². The van der Waals surface area contributed by atoms with Crippen molar-refractivity contribution in [3.05, 3.63) is 69.4 Å². The fraction of sp³-hybridized carbons (Fsp3) is 0.105.